The third kappa shape index (κ3) is 51.9. The molecule has 0 aliphatic heterocycles. The Morgan fingerprint density at radius 2 is 1.00 bits per heavy atom. The zero-order valence-electron chi connectivity index (χ0n) is 4.87. The third-order valence-corrected chi connectivity index (χ3v) is 0. The summed E-state index contributed by atoms with van der Waals surface area (Å²) < 4.78 is 0. The summed E-state index contributed by atoms with van der Waals surface area (Å²) in [5, 5.41) is 0. The average Bonchev–Trinajstić information content (AvgIpc) is 0.722. The van der Waals surface area contributed by atoms with Crippen LogP contribution in [0.2, 0.25) is 0 Å². The van der Waals surface area contributed by atoms with E-state index < -0.39 is 9.05 Å². The minimum atomic E-state index is -4.61. The topological polar surface area (TPSA) is 80.9 Å². The minimum absolute atomic E-state index is 0. The normalized spacial score (nSPS) is 8.57. The second-order valence-corrected chi connectivity index (χ2v) is 1.80. The maximum absolute atomic E-state index is 7.33. The van der Waals surface area contributed by atoms with Gasteiger partial charge in [-0.2, -0.15) is 0 Å². The van der Waals surface area contributed by atoms with Gasteiger partial charge in [0, 0.05) is 32.7 Å². The van der Waals surface area contributed by atoms with Crippen molar-refractivity contribution in [2.75, 3.05) is 0 Å². The molecule has 0 aromatic heterocycles. The van der Waals surface area contributed by atoms with Gasteiger partial charge in [-0.15, -0.1) is 0 Å². The second-order valence-electron chi connectivity index (χ2n) is 0.600. The molecular weight excluding hydrogens is 220 g/mol. The third-order valence-electron chi connectivity index (χ3n) is 0. The number of hydrogen-bond donors (Lipinski definition) is 4. The summed E-state index contributed by atoms with van der Waals surface area (Å²) in [5.74, 6) is 0. The zero-order chi connectivity index (χ0) is 4.50. The van der Waals surface area contributed by atoms with Crippen LogP contribution >= 0.6 is 0 Å². The van der Waals surface area contributed by atoms with Gasteiger partial charge in [0.15, 0.2) is 0 Å². The molecule has 0 aliphatic carbocycles. The molecule has 4 nitrogen and oxygen atoms in total. The van der Waals surface area contributed by atoms with Crippen LogP contribution in [0.5, 0.6) is 0 Å². The van der Waals surface area contributed by atoms with Crippen molar-refractivity contribution in [2.24, 2.45) is 0 Å². The van der Waals surface area contributed by atoms with Gasteiger partial charge in [0.25, 0.3) is 0 Å². The average molecular weight is 225 g/mol. The van der Waals surface area contributed by atoms with Crippen molar-refractivity contribution < 1.29 is 105 Å². The molecule has 0 aromatic carbocycles. The van der Waals surface area contributed by atoms with E-state index in [0.717, 1.165) is 0 Å². The summed E-state index contributed by atoms with van der Waals surface area (Å²) >= 11 is 0. The van der Waals surface area contributed by atoms with E-state index >= 15 is 0 Å². The summed E-state index contributed by atoms with van der Waals surface area (Å²) in [5.41, 5.74) is 0. The molecule has 7 heavy (non-hydrogen) atoms. The van der Waals surface area contributed by atoms with Crippen molar-refractivity contribution in [3.8, 4) is 0 Å². The molecule has 0 aliphatic rings. The summed E-state index contributed by atoms with van der Waals surface area (Å²) in [6.45, 7) is 0. The fraction of sp³-hybridized carbons (Fsp3) is 0. The Kier molecular flexibility index (Phi) is 16.2. The summed E-state index contributed by atoms with van der Waals surface area (Å²) in [4.78, 5) is 29.3. The van der Waals surface area contributed by atoms with Crippen LogP contribution in [0.15, 0.2) is 0 Å². The van der Waals surface area contributed by atoms with E-state index in [4.69, 9.17) is 19.2 Å². The van der Waals surface area contributed by atoms with Gasteiger partial charge in [-0.1, -0.05) is 0 Å². The van der Waals surface area contributed by atoms with Crippen LogP contribution in [0.3, 0.4) is 0 Å². The van der Waals surface area contributed by atoms with Gasteiger partial charge in [0.2, 0.25) is 0 Å². The van der Waals surface area contributed by atoms with Crippen LogP contribution < -0.4 is 51.4 Å². The van der Waals surface area contributed by atoms with Crippen LogP contribution in [-0.4, -0.2) is 28.2 Å². The molecule has 0 fully saturated rings. The van der Waals surface area contributed by atoms with E-state index in [1.807, 2.05) is 0 Å². The zero-order valence-corrected chi connectivity index (χ0v) is 10.8. The maximum Gasteiger partial charge on any atom is 1.00 e. The molecule has 1 radical (unpaired) electrons. The minimum Gasteiger partial charge on any atom is -1.00 e. The van der Waals surface area contributed by atoms with Crippen LogP contribution in [0.25, 0.3) is 0 Å². The first-order valence-electron chi connectivity index (χ1n) is 0.894. The Morgan fingerprint density at radius 1 is 1.00 bits per heavy atom. The SMILES string of the molecule is O[Si](O)(O)O.[H-].[K+].[Y]. The fourth-order valence-corrected chi connectivity index (χ4v) is 0. The molecule has 0 spiro atoms. The van der Waals surface area contributed by atoms with Crippen LogP contribution in [0, 0.1) is 0 Å². The summed E-state index contributed by atoms with van der Waals surface area (Å²) in [7, 11) is -4.61. The largest absolute Gasteiger partial charge is 1.00 e. The second kappa shape index (κ2) is 6.91. The van der Waals surface area contributed by atoms with Crippen molar-refractivity contribution in [1.82, 2.24) is 0 Å². The molecule has 0 saturated heterocycles. The van der Waals surface area contributed by atoms with Gasteiger partial charge >= 0.3 is 60.4 Å². The molecule has 4 N–H and O–H groups in total. The molecule has 0 unspecified atom stereocenters. The first kappa shape index (κ1) is 16.4. The van der Waals surface area contributed by atoms with E-state index in [9.17, 15) is 0 Å². The fourth-order valence-electron chi connectivity index (χ4n) is 0. The van der Waals surface area contributed by atoms with Crippen molar-refractivity contribution in [2.45, 2.75) is 0 Å². The van der Waals surface area contributed by atoms with Gasteiger partial charge in [-0.05, 0) is 0 Å². The first-order valence-corrected chi connectivity index (χ1v) is 2.68. The summed E-state index contributed by atoms with van der Waals surface area (Å²) in [6.07, 6.45) is 0. The molecule has 0 rings (SSSR count). The monoisotopic (exact) mass is 225 g/mol. The van der Waals surface area contributed by atoms with Crippen LogP contribution in [-0.2, 0) is 32.7 Å². The van der Waals surface area contributed by atoms with Crippen molar-refractivity contribution in [3.63, 3.8) is 0 Å². The molecule has 37 valence electrons. The quantitative estimate of drug-likeness (QED) is 0.310. The molecule has 0 heterocycles. The van der Waals surface area contributed by atoms with Crippen molar-refractivity contribution in [1.29, 1.82) is 0 Å². The molecule has 0 atom stereocenters. The molecular formula is H5KO4SiY. The first-order chi connectivity index (χ1) is 2.00. The van der Waals surface area contributed by atoms with Gasteiger partial charge in [-0.25, -0.2) is 0 Å². The maximum atomic E-state index is 7.33. The van der Waals surface area contributed by atoms with Gasteiger partial charge < -0.3 is 20.6 Å². The molecule has 7 heteroatoms. The molecule has 0 bridgehead atoms. The Morgan fingerprint density at radius 3 is 1.00 bits per heavy atom. The van der Waals surface area contributed by atoms with E-state index in [-0.39, 0.29) is 85.5 Å². The smallest absolute Gasteiger partial charge is 1.00 e. The predicted octanol–water partition coefficient (Wildman–Crippen LogP) is -5.49. The van der Waals surface area contributed by atoms with E-state index in [1.54, 1.807) is 0 Å². The number of hydrogen-bond acceptors (Lipinski definition) is 4. The van der Waals surface area contributed by atoms with Gasteiger partial charge in [0.1, 0.15) is 0 Å². The molecule has 0 aromatic rings. The van der Waals surface area contributed by atoms with E-state index in [0.29, 0.717) is 0 Å². The van der Waals surface area contributed by atoms with Crippen LogP contribution in [0.4, 0.5) is 0 Å². The van der Waals surface area contributed by atoms with Crippen molar-refractivity contribution >= 4 is 9.05 Å². The van der Waals surface area contributed by atoms with E-state index in [2.05, 4.69) is 0 Å². The molecule has 0 saturated carbocycles. The Bertz CT molecular complexity index is 31.5. The van der Waals surface area contributed by atoms with E-state index in [1.165, 1.54) is 0 Å². The predicted molar refractivity (Wildman–Crippen MR) is 15.7 cm³/mol. The van der Waals surface area contributed by atoms with Crippen LogP contribution in [0.1, 0.15) is 1.43 Å². The van der Waals surface area contributed by atoms with Gasteiger partial charge in [-0.3, -0.25) is 0 Å². The Balaban J connectivity index is -0.0000000267. The Labute approximate surface area is 111 Å². The van der Waals surface area contributed by atoms with Gasteiger partial charge in [0.05, 0.1) is 0 Å². The Hall–Kier alpha value is 2.80. The number of rotatable bonds is 0. The summed E-state index contributed by atoms with van der Waals surface area (Å²) in [6, 6.07) is 0. The van der Waals surface area contributed by atoms with Crippen molar-refractivity contribution in [3.05, 3.63) is 0 Å². The standard InChI is InChI=1S/K.H4O4Si.Y.H/c;1-5(2,3)4;;/h;1-4H;;/q+1;;;-1. The molecule has 0 amide bonds.